The van der Waals surface area contributed by atoms with Crippen LogP contribution in [0.15, 0.2) is 65.6 Å². The number of aryl methyl sites for hydroxylation is 1. The molecule has 3 aromatic rings. The van der Waals surface area contributed by atoms with Gasteiger partial charge in [-0.25, -0.2) is 8.42 Å². The summed E-state index contributed by atoms with van der Waals surface area (Å²) >= 11 is 18.5. The van der Waals surface area contributed by atoms with Gasteiger partial charge in [-0.1, -0.05) is 71.9 Å². The summed E-state index contributed by atoms with van der Waals surface area (Å²) in [4.78, 5) is 27.9. The quantitative estimate of drug-likeness (QED) is 0.199. The van der Waals surface area contributed by atoms with E-state index in [1.54, 1.807) is 13.0 Å². The molecule has 0 heterocycles. The number of sulfonamides is 1. The Kier molecular flexibility index (Phi) is 12.0. The van der Waals surface area contributed by atoms with Crippen molar-refractivity contribution in [3.63, 3.8) is 0 Å². The Morgan fingerprint density at radius 2 is 1.57 bits per heavy atom. The van der Waals surface area contributed by atoms with Crippen LogP contribution in [0, 0.1) is 6.92 Å². The average Bonchev–Trinajstić information content (AvgIpc) is 2.95. The summed E-state index contributed by atoms with van der Waals surface area (Å²) in [5.41, 5.74) is -0.692. The molecule has 0 aliphatic carbocycles. The number of amides is 2. The zero-order valence-corrected chi connectivity index (χ0v) is 27.2. The third kappa shape index (κ3) is 8.59. The number of carbonyl (C=O) groups excluding carboxylic acids is 2. The summed E-state index contributed by atoms with van der Waals surface area (Å²) in [6, 6.07) is 11.7. The highest BCUT2D eigenvalue weighted by atomic mass is 35.5. The van der Waals surface area contributed by atoms with Crippen LogP contribution >= 0.6 is 34.8 Å². The number of alkyl halides is 3. The molecular formula is C30H31Cl3F3N3O4S. The average molecular weight is 693 g/mol. The Morgan fingerprint density at radius 3 is 2.14 bits per heavy atom. The number of nitrogens with zero attached hydrogens (tertiary/aromatic N) is 2. The molecule has 0 unspecified atom stereocenters. The normalized spacial score (nSPS) is 12.5. The lowest BCUT2D eigenvalue weighted by atomic mass is 10.1. The molecule has 0 aliphatic heterocycles. The predicted molar refractivity (Wildman–Crippen MR) is 167 cm³/mol. The van der Waals surface area contributed by atoms with Gasteiger partial charge in [-0.3, -0.25) is 13.9 Å². The molecule has 44 heavy (non-hydrogen) atoms. The largest absolute Gasteiger partial charge is 0.417 e. The molecule has 3 aromatic carbocycles. The topological polar surface area (TPSA) is 86.8 Å². The predicted octanol–water partition coefficient (Wildman–Crippen LogP) is 7.50. The van der Waals surface area contributed by atoms with Crippen molar-refractivity contribution in [2.24, 2.45) is 0 Å². The third-order valence-electron chi connectivity index (χ3n) is 6.82. The first-order valence-corrected chi connectivity index (χ1v) is 16.1. The summed E-state index contributed by atoms with van der Waals surface area (Å²) in [5.74, 6) is -1.41. The number of anilines is 1. The van der Waals surface area contributed by atoms with Crippen molar-refractivity contribution in [3.8, 4) is 0 Å². The first-order valence-electron chi connectivity index (χ1n) is 13.5. The molecule has 0 radical (unpaired) electrons. The van der Waals surface area contributed by atoms with E-state index in [-0.39, 0.29) is 21.5 Å². The van der Waals surface area contributed by atoms with E-state index >= 15 is 0 Å². The van der Waals surface area contributed by atoms with Crippen LogP contribution in [0.2, 0.25) is 15.1 Å². The number of carbonyl (C=O) groups is 2. The minimum atomic E-state index is -4.91. The van der Waals surface area contributed by atoms with Gasteiger partial charge in [0.2, 0.25) is 11.8 Å². The highest BCUT2D eigenvalue weighted by molar-refractivity contribution is 7.92. The van der Waals surface area contributed by atoms with Gasteiger partial charge in [-0.15, -0.1) is 0 Å². The molecule has 14 heteroatoms. The Labute approximate surface area is 269 Å². The minimum absolute atomic E-state index is 0.200. The highest BCUT2D eigenvalue weighted by Gasteiger charge is 2.37. The van der Waals surface area contributed by atoms with Gasteiger partial charge in [0.15, 0.2) is 0 Å². The van der Waals surface area contributed by atoms with Crippen molar-refractivity contribution in [2.75, 3.05) is 17.4 Å². The Hall–Kier alpha value is -2.99. The summed E-state index contributed by atoms with van der Waals surface area (Å²) in [7, 11) is -4.60. The second-order valence-corrected chi connectivity index (χ2v) is 13.1. The molecular weight excluding hydrogens is 662 g/mol. The molecule has 0 spiro atoms. The van der Waals surface area contributed by atoms with Crippen LogP contribution < -0.4 is 9.62 Å². The molecule has 0 saturated heterocycles. The van der Waals surface area contributed by atoms with Crippen LogP contribution in [0.1, 0.15) is 43.4 Å². The van der Waals surface area contributed by atoms with Gasteiger partial charge in [0.25, 0.3) is 10.0 Å². The molecule has 1 atom stereocenters. The first-order chi connectivity index (χ1) is 20.6. The van der Waals surface area contributed by atoms with Crippen LogP contribution in [0.25, 0.3) is 0 Å². The molecule has 1 N–H and O–H groups in total. The Morgan fingerprint density at radius 1 is 0.955 bits per heavy atom. The van der Waals surface area contributed by atoms with Crippen LogP contribution in [-0.4, -0.2) is 44.3 Å². The van der Waals surface area contributed by atoms with E-state index in [0.717, 1.165) is 29.0 Å². The number of unbranched alkanes of at least 4 members (excludes halogenated alkanes) is 1. The summed E-state index contributed by atoms with van der Waals surface area (Å²) in [5, 5.41) is 2.49. The van der Waals surface area contributed by atoms with E-state index in [0.29, 0.717) is 28.9 Å². The first kappa shape index (κ1) is 35.5. The standard InChI is InChI=1S/C30H31Cl3F3N3O4S/c1-4-5-15-37-29(41)20(3)38(17-23-25(31)7-6-8-26(23)32)28(40)18-39(44(42,43)22-12-9-19(2)10-13-22)21-11-14-27(33)24(16-21)30(34,35)36/h6-14,16,20H,4-5,15,17-18H2,1-3H3,(H,37,41)/t20-/m0/s1. The molecule has 238 valence electrons. The van der Waals surface area contributed by atoms with Gasteiger partial charge in [0.05, 0.1) is 21.2 Å². The number of nitrogens with one attached hydrogen (secondary N) is 1. The molecule has 0 aromatic heterocycles. The van der Waals surface area contributed by atoms with E-state index < -0.39 is 56.9 Å². The molecule has 7 nitrogen and oxygen atoms in total. The molecule has 0 bridgehead atoms. The number of benzene rings is 3. The maximum Gasteiger partial charge on any atom is 0.417 e. The second kappa shape index (κ2) is 14.9. The van der Waals surface area contributed by atoms with Crippen molar-refractivity contribution < 1.29 is 31.2 Å². The smallest absolute Gasteiger partial charge is 0.354 e. The molecule has 2 amide bonds. The van der Waals surface area contributed by atoms with Crippen molar-refractivity contribution in [2.45, 2.75) is 57.3 Å². The van der Waals surface area contributed by atoms with Gasteiger partial charge >= 0.3 is 6.18 Å². The number of halogens is 6. The zero-order valence-electron chi connectivity index (χ0n) is 24.1. The van der Waals surface area contributed by atoms with Crippen LogP contribution in [0.3, 0.4) is 0 Å². The van der Waals surface area contributed by atoms with E-state index in [1.165, 1.54) is 43.3 Å². The van der Waals surface area contributed by atoms with E-state index in [2.05, 4.69) is 5.32 Å². The highest BCUT2D eigenvalue weighted by Crippen LogP contribution is 2.38. The maximum absolute atomic E-state index is 14.0. The fourth-order valence-corrected chi connectivity index (χ4v) is 6.37. The lowest BCUT2D eigenvalue weighted by Crippen LogP contribution is -2.51. The van der Waals surface area contributed by atoms with Gasteiger partial charge in [-0.2, -0.15) is 13.2 Å². The second-order valence-electron chi connectivity index (χ2n) is 10.0. The van der Waals surface area contributed by atoms with E-state index in [4.69, 9.17) is 34.8 Å². The minimum Gasteiger partial charge on any atom is -0.354 e. The number of hydrogen-bond acceptors (Lipinski definition) is 4. The van der Waals surface area contributed by atoms with Crippen LogP contribution in [-0.2, 0) is 32.3 Å². The summed E-state index contributed by atoms with van der Waals surface area (Å²) in [6.07, 6.45) is -3.42. The number of rotatable bonds is 12. The fraction of sp³-hybridized carbons (Fsp3) is 0.333. The lowest BCUT2D eigenvalue weighted by Gasteiger charge is -2.32. The lowest BCUT2D eigenvalue weighted by molar-refractivity contribution is -0.139. The van der Waals surface area contributed by atoms with Gasteiger partial charge in [0.1, 0.15) is 12.6 Å². The number of hydrogen-bond donors (Lipinski definition) is 1. The van der Waals surface area contributed by atoms with Gasteiger partial charge in [0, 0.05) is 28.7 Å². The SMILES string of the molecule is CCCCNC(=O)[C@H](C)N(Cc1c(Cl)cccc1Cl)C(=O)CN(c1ccc(Cl)c(C(F)(F)F)c1)S(=O)(=O)c1ccc(C)cc1. The van der Waals surface area contributed by atoms with Crippen molar-refractivity contribution in [1.82, 2.24) is 10.2 Å². The van der Waals surface area contributed by atoms with Crippen LogP contribution in [0.4, 0.5) is 18.9 Å². The van der Waals surface area contributed by atoms with E-state index in [9.17, 15) is 31.2 Å². The zero-order chi connectivity index (χ0) is 32.8. The van der Waals surface area contributed by atoms with Crippen molar-refractivity contribution >= 4 is 62.3 Å². The monoisotopic (exact) mass is 691 g/mol. The molecule has 0 fully saturated rings. The Balaban J connectivity index is 2.13. The molecule has 0 saturated carbocycles. The third-order valence-corrected chi connectivity index (χ3v) is 9.64. The molecule has 0 aliphatic rings. The van der Waals surface area contributed by atoms with Crippen molar-refractivity contribution in [3.05, 3.63) is 92.4 Å². The van der Waals surface area contributed by atoms with Gasteiger partial charge < -0.3 is 10.2 Å². The maximum atomic E-state index is 14.0. The Bertz CT molecular complexity index is 1580. The van der Waals surface area contributed by atoms with Crippen molar-refractivity contribution in [1.29, 1.82) is 0 Å². The molecule has 3 rings (SSSR count). The van der Waals surface area contributed by atoms with Crippen LogP contribution in [0.5, 0.6) is 0 Å². The fourth-order valence-electron chi connectivity index (χ4n) is 4.22. The van der Waals surface area contributed by atoms with Gasteiger partial charge in [-0.05, 0) is 62.7 Å². The summed E-state index contributed by atoms with van der Waals surface area (Å²) in [6.45, 7) is 4.22. The van der Waals surface area contributed by atoms with E-state index in [1.807, 2.05) is 6.92 Å². The summed E-state index contributed by atoms with van der Waals surface area (Å²) < 4.78 is 69.8.